The van der Waals surface area contributed by atoms with E-state index in [1.54, 1.807) is 0 Å². The summed E-state index contributed by atoms with van der Waals surface area (Å²) >= 11 is 1.35. The van der Waals surface area contributed by atoms with Crippen LogP contribution in [-0.2, 0) is 0 Å². The third kappa shape index (κ3) is 5.08. The molecule has 0 heterocycles. The molecule has 0 bridgehead atoms. The molecule has 0 aliphatic carbocycles. The van der Waals surface area contributed by atoms with Crippen molar-refractivity contribution in [2.45, 2.75) is 11.9 Å². The first-order valence-corrected chi connectivity index (χ1v) is 6.98. The molecule has 0 aromatic heterocycles. The van der Waals surface area contributed by atoms with E-state index >= 15 is 0 Å². The van der Waals surface area contributed by atoms with Crippen molar-refractivity contribution in [3.63, 3.8) is 0 Å². The summed E-state index contributed by atoms with van der Waals surface area (Å²) in [5.41, 5.74) is 1.26. The second kappa shape index (κ2) is 7.86. The van der Waals surface area contributed by atoms with Crippen LogP contribution in [0.1, 0.15) is 12.5 Å². The molecule has 0 nitrogen and oxygen atoms in total. The SMILES string of the molecule is C/C=C/c1ccccc1.[CH3][SnH]. The van der Waals surface area contributed by atoms with E-state index < -0.39 is 0 Å². The summed E-state index contributed by atoms with van der Waals surface area (Å²) in [4.78, 5) is 2.13. The molecule has 0 saturated heterocycles. The van der Waals surface area contributed by atoms with Gasteiger partial charge in [-0.25, -0.2) is 0 Å². The van der Waals surface area contributed by atoms with Crippen LogP contribution in [0.4, 0.5) is 0 Å². The van der Waals surface area contributed by atoms with E-state index in [1.165, 1.54) is 28.1 Å². The van der Waals surface area contributed by atoms with Crippen LogP contribution in [0.5, 0.6) is 0 Å². The van der Waals surface area contributed by atoms with E-state index in [4.69, 9.17) is 0 Å². The molecule has 1 heteroatoms. The van der Waals surface area contributed by atoms with Crippen LogP contribution in [0.15, 0.2) is 36.4 Å². The average molecular weight is 253 g/mol. The predicted octanol–water partition coefficient (Wildman–Crippen LogP) is 2.66. The maximum absolute atomic E-state index is 2.13. The zero-order valence-electron chi connectivity index (χ0n) is 7.12. The number of allylic oxidation sites excluding steroid dienone is 1. The Morgan fingerprint density at radius 1 is 1.09 bits per heavy atom. The molecular weight excluding hydrogens is 239 g/mol. The fraction of sp³-hybridized carbons (Fsp3) is 0.200. The first-order valence-electron chi connectivity index (χ1n) is 3.69. The van der Waals surface area contributed by atoms with Gasteiger partial charge >= 0.3 is 27.5 Å². The fourth-order valence-electron chi connectivity index (χ4n) is 0.757. The Balaban J connectivity index is 0.000000461. The van der Waals surface area contributed by atoms with Crippen molar-refractivity contribution in [2.75, 3.05) is 0 Å². The van der Waals surface area contributed by atoms with E-state index in [2.05, 4.69) is 23.1 Å². The van der Waals surface area contributed by atoms with E-state index in [-0.39, 0.29) is 0 Å². The number of rotatable bonds is 1. The molecule has 0 spiro atoms. The third-order valence-electron chi connectivity index (χ3n) is 1.16. The second-order valence-electron chi connectivity index (χ2n) is 1.91. The van der Waals surface area contributed by atoms with Gasteiger partial charge < -0.3 is 0 Å². The van der Waals surface area contributed by atoms with Crippen molar-refractivity contribution in [1.82, 2.24) is 0 Å². The van der Waals surface area contributed by atoms with Gasteiger partial charge in [0.1, 0.15) is 0 Å². The molecule has 2 radical (unpaired) electrons. The third-order valence-corrected chi connectivity index (χ3v) is 1.16. The Bertz CT molecular complexity index is 189. The van der Waals surface area contributed by atoms with Gasteiger partial charge in [0.2, 0.25) is 0 Å². The van der Waals surface area contributed by atoms with Crippen LogP contribution < -0.4 is 0 Å². The molecule has 0 unspecified atom stereocenters. The molecule has 0 atom stereocenters. The minimum absolute atomic E-state index is 1.26. The molecule has 0 N–H and O–H groups in total. The van der Waals surface area contributed by atoms with Crippen molar-refractivity contribution >= 4 is 28.6 Å². The molecule has 58 valence electrons. The van der Waals surface area contributed by atoms with E-state index in [0.29, 0.717) is 0 Å². The van der Waals surface area contributed by atoms with Crippen molar-refractivity contribution in [1.29, 1.82) is 0 Å². The van der Waals surface area contributed by atoms with Crippen LogP contribution in [-0.4, -0.2) is 22.5 Å². The molecule has 0 fully saturated rings. The van der Waals surface area contributed by atoms with Gasteiger partial charge in [0.05, 0.1) is 0 Å². The van der Waals surface area contributed by atoms with Gasteiger partial charge in [0, 0.05) is 0 Å². The normalized spacial score (nSPS) is 9.00. The second-order valence-corrected chi connectivity index (χ2v) is 1.91. The Labute approximate surface area is 82.4 Å². The van der Waals surface area contributed by atoms with Crippen molar-refractivity contribution in [2.24, 2.45) is 0 Å². The Morgan fingerprint density at radius 2 is 1.64 bits per heavy atom. The summed E-state index contributed by atoms with van der Waals surface area (Å²) in [5.74, 6) is 0. The fourth-order valence-corrected chi connectivity index (χ4v) is 0.757. The van der Waals surface area contributed by atoms with Gasteiger partial charge in [-0.2, -0.15) is 0 Å². The van der Waals surface area contributed by atoms with Crippen molar-refractivity contribution in [3.05, 3.63) is 42.0 Å². The average Bonchev–Trinajstić information content (AvgIpc) is 2.11. The van der Waals surface area contributed by atoms with Crippen LogP contribution in [0, 0.1) is 0 Å². The summed E-state index contributed by atoms with van der Waals surface area (Å²) in [7, 11) is 0. The first kappa shape index (κ1) is 10.8. The van der Waals surface area contributed by atoms with E-state index in [9.17, 15) is 0 Å². The maximum atomic E-state index is 2.13. The monoisotopic (exact) mass is 254 g/mol. The van der Waals surface area contributed by atoms with Gasteiger partial charge in [-0.3, -0.25) is 0 Å². The summed E-state index contributed by atoms with van der Waals surface area (Å²) in [5, 5.41) is 0. The molecule has 1 aromatic rings. The van der Waals surface area contributed by atoms with Crippen LogP contribution in [0.2, 0.25) is 4.94 Å². The summed E-state index contributed by atoms with van der Waals surface area (Å²) in [6.45, 7) is 2.02. The quantitative estimate of drug-likeness (QED) is 0.675. The Kier molecular flexibility index (Phi) is 7.69. The van der Waals surface area contributed by atoms with Gasteiger partial charge in [-0.1, -0.05) is 42.5 Å². The molecule has 0 amide bonds. The Morgan fingerprint density at radius 3 is 2.09 bits per heavy atom. The van der Waals surface area contributed by atoms with E-state index in [1.807, 2.05) is 31.2 Å². The molecule has 0 saturated carbocycles. The van der Waals surface area contributed by atoms with E-state index in [0.717, 1.165) is 0 Å². The zero-order valence-corrected chi connectivity index (χ0v) is 10.4. The van der Waals surface area contributed by atoms with Gasteiger partial charge in [-0.15, -0.1) is 0 Å². The molecular formula is C10H14Sn. The van der Waals surface area contributed by atoms with Crippen LogP contribution >= 0.6 is 0 Å². The van der Waals surface area contributed by atoms with Crippen LogP contribution in [0.25, 0.3) is 6.08 Å². The summed E-state index contributed by atoms with van der Waals surface area (Å²) in [6, 6.07) is 10.3. The summed E-state index contributed by atoms with van der Waals surface area (Å²) < 4.78 is 0. The summed E-state index contributed by atoms with van der Waals surface area (Å²) in [6.07, 6.45) is 4.12. The van der Waals surface area contributed by atoms with Gasteiger partial charge in [0.15, 0.2) is 0 Å². The zero-order chi connectivity index (χ0) is 8.53. The topological polar surface area (TPSA) is 0 Å². The molecule has 0 aliphatic rings. The molecule has 1 rings (SSSR count). The number of hydrogen-bond acceptors (Lipinski definition) is 0. The Hall–Kier alpha value is -0.241. The van der Waals surface area contributed by atoms with Crippen molar-refractivity contribution in [3.8, 4) is 0 Å². The predicted molar refractivity (Wildman–Crippen MR) is 54.2 cm³/mol. The molecule has 11 heavy (non-hydrogen) atoms. The van der Waals surface area contributed by atoms with Crippen molar-refractivity contribution < 1.29 is 0 Å². The minimum atomic E-state index is 1.26. The van der Waals surface area contributed by atoms with Gasteiger partial charge in [-0.05, 0) is 12.5 Å². The first-order chi connectivity index (χ1) is 5.43. The number of benzene rings is 1. The molecule has 1 aromatic carbocycles. The number of hydrogen-bond donors (Lipinski definition) is 0. The van der Waals surface area contributed by atoms with Crippen LogP contribution in [0.3, 0.4) is 0 Å². The van der Waals surface area contributed by atoms with Gasteiger partial charge in [0.25, 0.3) is 0 Å². The molecule has 0 aliphatic heterocycles. The standard InChI is InChI=1S/C9H10.CH3.Sn.H/c1-2-6-9-7-4-3-5-8-9;;;/h2-8H,1H3;1H3;;/b6-2+;;;.